The van der Waals surface area contributed by atoms with Crippen molar-refractivity contribution in [3.63, 3.8) is 0 Å². The first kappa shape index (κ1) is 19.1. The van der Waals surface area contributed by atoms with Crippen LogP contribution in [0.2, 0.25) is 0 Å². The molecule has 0 saturated carbocycles. The van der Waals surface area contributed by atoms with Crippen LogP contribution in [0.15, 0.2) is 42.5 Å². The molecular weight excluding hydrogens is 338 g/mol. The summed E-state index contributed by atoms with van der Waals surface area (Å²) in [5.41, 5.74) is 0.754. The summed E-state index contributed by atoms with van der Waals surface area (Å²) in [4.78, 5) is 24.1. The molecule has 26 heavy (non-hydrogen) atoms. The number of para-hydroxylation sites is 1. The molecule has 7 nitrogen and oxygen atoms in total. The summed E-state index contributed by atoms with van der Waals surface area (Å²) in [6.07, 6.45) is 0. The molecule has 7 heteroatoms. The molecule has 2 aromatic carbocycles. The maximum atomic E-state index is 12.2. The number of benzene rings is 2. The molecule has 0 heterocycles. The van der Waals surface area contributed by atoms with E-state index in [0.717, 1.165) is 0 Å². The number of hydrogen-bond donors (Lipinski definition) is 1. The second-order valence-corrected chi connectivity index (χ2v) is 5.12. The molecule has 0 aliphatic heterocycles. The van der Waals surface area contributed by atoms with Gasteiger partial charge in [0, 0.05) is 6.07 Å². The monoisotopic (exact) mass is 359 g/mol. The molecule has 0 atom stereocenters. The van der Waals surface area contributed by atoms with Crippen LogP contribution in [-0.2, 0) is 9.53 Å². The zero-order valence-electron chi connectivity index (χ0n) is 14.9. The van der Waals surface area contributed by atoms with Crippen molar-refractivity contribution in [1.82, 2.24) is 0 Å². The van der Waals surface area contributed by atoms with Crippen LogP contribution in [0.1, 0.15) is 17.3 Å². The van der Waals surface area contributed by atoms with Gasteiger partial charge >= 0.3 is 5.97 Å². The fourth-order valence-corrected chi connectivity index (χ4v) is 2.20. The minimum atomic E-state index is -0.500. The lowest BCUT2D eigenvalue weighted by atomic mass is 10.2. The van der Waals surface area contributed by atoms with Crippen LogP contribution in [-0.4, -0.2) is 39.3 Å². The Morgan fingerprint density at radius 2 is 1.77 bits per heavy atom. The Morgan fingerprint density at radius 3 is 2.46 bits per heavy atom. The highest BCUT2D eigenvalue weighted by Gasteiger charge is 2.15. The molecule has 0 saturated heterocycles. The number of carbonyl (C=O) groups is 2. The highest BCUT2D eigenvalue weighted by molar-refractivity contribution is 5.94. The molecule has 0 aliphatic rings. The molecule has 0 bridgehead atoms. The fourth-order valence-electron chi connectivity index (χ4n) is 2.20. The van der Waals surface area contributed by atoms with E-state index in [1.807, 2.05) is 0 Å². The van der Waals surface area contributed by atoms with E-state index in [1.54, 1.807) is 56.5 Å². The van der Waals surface area contributed by atoms with Crippen molar-refractivity contribution >= 4 is 17.6 Å². The van der Waals surface area contributed by atoms with Crippen LogP contribution < -0.4 is 19.5 Å². The third-order valence-electron chi connectivity index (χ3n) is 3.42. The molecule has 1 N–H and O–H groups in total. The number of amides is 1. The number of methoxy groups -OCH3 is 2. The third kappa shape index (κ3) is 4.89. The Kier molecular flexibility index (Phi) is 6.84. The standard InChI is InChI=1S/C19H21NO6/c1-4-25-19(22)14-7-5-6-8-16(14)26-12-18(21)20-15-10-9-13(23-2)11-17(15)24-3/h5-11H,4,12H2,1-3H3,(H,20,21). The van der Waals surface area contributed by atoms with Crippen molar-refractivity contribution in [2.45, 2.75) is 6.92 Å². The van der Waals surface area contributed by atoms with Crippen LogP contribution in [0, 0.1) is 0 Å². The molecule has 2 rings (SSSR count). The molecule has 0 aliphatic carbocycles. The summed E-state index contributed by atoms with van der Waals surface area (Å²) in [5, 5.41) is 2.70. The second kappa shape index (κ2) is 9.31. The van der Waals surface area contributed by atoms with Gasteiger partial charge in [0.25, 0.3) is 5.91 Å². The summed E-state index contributed by atoms with van der Waals surface area (Å²) in [6.45, 7) is 1.70. The minimum absolute atomic E-state index is 0.255. The van der Waals surface area contributed by atoms with E-state index < -0.39 is 11.9 Å². The molecule has 0 spiro atoms. The number of anilines is 1. The van der Waals surface area contributed by atoms with Crippen molar-refractivity contribution in [3.8, 4) is 17.2 Å². The van der Waals surface area contributed by atoms with Gasteiger partial charge in [-0.1, -0.05) is 12.1 Å². The SMILES string of the molecule is CCOC(=O)c1ccccc1OCC(=O)Nc1ccc(OC)cc1OC. The number of ether oxygens (including phenoxy) is 4. The molecule has 0 fully saturated rings. The normalized spacial score (nSPS) is 9.96. The number of carbonyl (C=O) groups excluding carboxylic acids is 2. The number of rotatable bonds is 8. The molecule has 138 valence electrons. The maximum Gasteiger partial charge on any atom is 0.341 e. The topological polar surface area (TPSA) is 83.1 Å². The van der Waals surface area contributed by atoms with E-state index in [0.29, 0.717) is 17.2 Å². The van der Waals surface area contributed by atoms with E-state index in [-0.39, 0.29) is 24.5 Å². The van der Waals surface area contributed by atoms with Crippen LogP contribution >= 0.6 is 0 Å². The third-order valence-corrected chi connectivity index (χ3v) is 3.42. The molecule has 0 radical (unpaired) electrons. The highest BCUT2D eigenvalue weighted by atomic mass is 16.5. The van der Waals surface area contributed by atoms with Crippen molar-refractivity contribution in [3.05, 3.63) is 48.0 Å². The molecule has 0 unspecified atom stereocenters. The minimum Gasteiger partial charge on any atom is -0.497 e. The summed E-state index contributed by atoms with van der Waals surface area (Å²) in [7, 11) is 3.04. The van der Waals surface area contributed by atoms with Gasteiger partial charge in [0.1, 0.15) is 22.8 Å². The Bertz CT molecular complexity index is 774. The lowest BCUT2D eigenvalue weighted by Gasteiger charge is -2.13. The zero-order chi connectivity index (χ0) is 18.9. The van der Waals surface area contributed by atoms with Crippen molar-refractivity contribution in [2.24, 2.45) is 0 Å². The van der Waals surface area contributed by atoms with Gasteiger partial charge in [-0.3, -0.25) is 4.79 Å². The van der Waals surface area contributed by atoms with Gasteiger partial charge in [-0.05, 0) is 31.2 Å². The highest BCUT2D eigenvalue weighted by Crippen LogP contribution is 2.29. The van der Waals surface area contributed by atoms with Crippen LogP contribution in [0.4, 0.5) is 5.69 Å². The van der Waals surface area contributed by atoms with Crippen molar-refractivity contribution < 1.29 is 28.5 Å². The zero-order valence-corrected chi connectivity index (χ0v) is 14.9. The number of hydrogen-bond acceptors (Lipinski definition) is 6. The van der Waals surface area contributed by atoms with Gasteiger partial charge in [-0.2, -0.15) is 0 Å². The van der Waals surface area contributed by atoms with E-state index in [2.05, 4.69) is 5.32 Å². The Labute approximate surface area is 151 Å². The second-order valence-electron chi connectivity index (χ2n) is 5.12. The molecule has 2 aromatic rings. The lowest BCUT2D eigenvalue weighted by Crippen LogP contribution is -2.21. The van der Waals surface area contributed by atoms with Crippen molar-refractivity contribution in [1.29, 1.82) is 0 Å². The van der Waals surface area contributed by atoms with Crippen LogP contribution in [0.3, 0.4) is 0 Å². The van der Waals surface area contributed by atoms with E-state index in [1.165, 1.54) is 7.11 Å². The predicted octanol–water partition coefficient (Wildman–Crippen LogP) is 2.90. The predicted molar refractivity (Wildman–Crippen MR) is 96.1 cm³/mol. The number of esters is 1. The van der Waals surface area contributed by atoms with Gasteiger partial charge in [-0.25, -0.2) is 4.79 Å². The van der Waals surface area contributed by atoms with Crippen LogP contribution in [0.5, 0.6) is 17.2 Å². The van der Waals surface area contributed by atoms with Gasteiger partial charge in [0.15, 0.2) is 6.61 Å². The maximum absolute atomic E-state index is 12.2. The Morgan fingerprint density at radius 1 is 1.00 bits per heavy atom. The van der Waals surface area contributed by atoms with Gasteiger partial charge in [-0.15, -0.1) is 0 Å². The van der Waals surface area contributed by atoms with Crippen LogP contribution in [0.25, 0.3) is 0 Å². The number of nitrogens with one attached hydrogen (secondary N) is 1. The first-order chi connectivity index (χ1) is 12.6. The summed E-state index contributed by atoms with van der Waals surface area (Å²) < 4.78 is 20.8. The van der Waals surface area contributed by atoms with Gasteiger partial charge < -0.3 is 24.3 Å². The lowest BCUT2D eigenvalue weighted by molar-refractivity contribution is -0.118. The molecular formula is C19H21NO6. The van der Waals surface area contributed by atoms with E-state index in [9.17, 15) is 9.59 Å². The van der Waals surface area contributed by atoms with E-state index in [4.69, 9.17) is 18.9 Å². The summed E-state index contributed by atoms with van der Waals surface area (Å²) >= 11 is 0. The van der Waals surface area contributed by atoms with E-state index >= 15 is 0 Å². The summed E-state index contributed by atoms with van der Waals surface area (Å²) in [6, 6.07) is 11.6. The Hall–Kier alpha value is -3.22. The van der Waals surface area contributed by atoms with Crippen molar-refractivity contribution in [2.75, 3.05) is 32.8 Å². The molecule has 0 aromatic heterocycles. The first-order valence-corrected chi connectivity index (χ1v) is 7.99. The fraction of sp³-hybridized carbons (Fsp3) is 0.263. The Balaban J connectivity index is 2.03. The molecule has 1 amide bonds. The largest absolute Gasteiger partial charge is 0.497 e. The average Bonchev–Trinajstić information content (AvgIpc) is 2.67. The quantitative estimate of drug-likeness (QED) is 0.730. The average molecular weight is 359 g/mol. The smallest absolute Gasteiger partial charge is 0.341 e. The first-order valence-electron chi connectivity index (χ1n) is 7.99. The summed E-state index contributed by atoms with van der Waals surface area (Å²) in [5.74, 6) is 0.458. The van der Waals surface area contributed by atoms with Gasteiger partial charge in [0.2, 0.25) is 0 Å². The van der Waals surface area contributed by atoms with Gasteiger partial charge in [0.05, 0.1) is 26.5 Å².